The number of amides is 2. The molecule has 0 bridgehead atoms. The zero-order valence-electron chi connectivity index (χ0n) is 17.3. The van der Waals surface area contributed by atoms with E-state index in [9.17, 15) is 29.4 Å². The van der Waals surface area contributed by atoms with E-state index in [1.807, 2.05) is 36.4 Å². The summed E-state index contributed by atoms with van der Waals surface area (Å²) in [6.07, 6.45) is 0.992. The van der Waals surface area contributed by atoms with E-state index < -0.39 is 66.2 Å². The molecule has 4 rings (SSSR count). The van der Waals surface area contributed by atoms with Gasteiger partial charge in [-0.3, -0.25) is 14.4 Å². The molecule has 0 unspecified atom stereocenters. The molecule has 3 saturated heterocycles. The third-order valence-corrected chi connectivity index (χ3v) is 6.17. The van der Waals surface area contributed by atoms with E-state index in [0.717, 1.165) is 5.56 Å². The third-order valence-electron chi connectivity index (χ3n) is 6.17. The molecule has 2 amide bonds. The monoisotopic (exact) mass is 444 g/mol. The maximum atomic E-state index is 12.8. The molecule has 4 N–H and O–H groups in total. The second-order valence-corrected chi connectivity index (χ2v) is 8.32. The SMILES string of the molecule is CC(=O)N[C@@H]1C[C@H](/C=C/c2ccccc2)O[C@H]2[C@@H]1O[C@]1(CC(=O)O)[C@@H](C(=O)O)NC(=O)[C@H]21. The fourth-order valence-corrected chi connectivity index (χ4v) is 5.01. The van der Waals surface area contributed by atoms with Crippen molar-refractivity contribution in [3.05, 3.63) is 42.0 Å². The van der Waals surface area contributed by atoms with E-state index in [1.165, 1.54) is 6.92 Å². The van der Waals surface area contributed by atoms with Crippen LogP contribution in [0.25, 0.3) is 6.08 Å². The van der Waals surface area contributed by atoms with Crippen molar-refractivity contribution < 1.29 is 38.9 Å². The Morgan fingerprint density at radius 1 is 1.22 bits per heavy atom. The molecule has 3 fully saturated rings. The number of carbonyl (C=O) groups excluding carboxylic acids is 2. The predicted molar refractivity (Wildman–Crippen MR) is 109 cm³/mol. The average molecular weight is 444 g/mol. The molecular weight excluding hydrogens is 420 g/mol. The minimum absolute atomic E-state index is 0.319. The van der Waals surface area contributed by atoms with E-state index >= 15 is 0 Å². The van der Waals surface area contributed by atoms with Crippen molar-refractivity contribution in [3.8, 4) is 0 Å². The van der Waals surface area contributed by atoms with Crippen molar-refractivity contribution in [3.63, 3.8) is 0 Å². The van der Waals surface area contributed by atoms with Gasteiger partial charge in [0.1, 0.15) is 17.8 Å². The van der Waals surface area contributed by atoms with Crippen molar-refractivity contribution in [2.24, 2.45) is 5.92 Å². The van der Waals surface area contributed by atoms with E-state index in [2.05, 4.69) is 10.6 Å². The molecule has 0 radical (unpaired) electrons. The first-order valence-corrected chi connectivity index (χ1v) is 10.3. The topological polar surface area (TPSA) is 151 Å². The van der Waals surface area contributed by atoms with Crippen molar-refractivity contribution in [2.45, 2.75) is 55.8 Å². The van der Waals surface area contributed by atoms with Gasteiger partial charge in [0.2, 0.25) is 11.8 Å². The van der Waals surface area contributed by atoms with E-state index in [1.54, 1.807) is 6.08 Å². The summed E-state index contributed by atoms with van der Waals surface area (Å²) in [7, 11) is 0. The number of hydrogen-bond donors (Lipinski definition) is 4. The van der Waals surface area contributed by atoms with Gasteiger partial charge in [0.15, 0.2) is 6.04 Å². The van der Waals surface area contributed by atoms with Gasteiger partial charge in [-0.15, -0.1) is 0 Å². The first-order valence-electron chi connectivity index (χ1n) is 10.3. The number of nitrogens with one attached hydrogen (secondary N) is 2. The Hall–Kier alpha value is -3.24. The van der Waals surface area contributed by atoms with Crippen LogP contribution in [0.1, 0.15) is 25.3 Å². The van der Waals surface area contributed by atoms with Crippen LogP contribution in [-0.2, 0) is 28.7 Å². The molecule has 0 saturated carbocycles. The quantitative estimate of drug-likeness (QED) is 0.485. The largest absolute Gasteiger partial charge is 0.481 e. The second-order valence-electron chi connectivity index (χ2n) is 8.32. The third kappa shape index (κ3) is 3.87. The first kappa shape index (κ1) is 22.0. The highest BCUT2D eigenvalue weighted by atomic mass is 16.6. The Morgan fingerprint density at radius 3 is 2.56 bits per heavy atom. The smallest absolute Gasteiger partial charge is 0.329 e. The second kappa shape index (κ2) is 8.36. The summed E-state index contributed by atoms with van der Waals surface area (Å²) in [6, 6.07) is 7.35. The minimum Gasteiger partial charge on any atom is -0.481 e. The summed E-state index contributed by atoms with van der Waals surface area (Å²) < 4.78 is 12.2. The number of carbonyl (C=O) groups is 4. The van der Waals surface area contributed by atoms with Crippen LogP contribution < -0.4 is 10.6 Å². The first-order chi connectivity index (χ1) is 15.2. The summed E-state index contributed by atoms with van der Waals surface area (Å²) in [4.78, 5) is 48.1. The molecule has 1 aromatic carbocycles. The molecule has 3 aliphatic heterocycles. The Labute approximate surface area is 183 Å². The number of carboxylic acids is 2. The highest BCUT2D eigenvalue weighted by Gasteiger charge is 2.71. The summed E-state index contributed by atoms with van der Waals surface area (Å²) in [6.45, 7) is 1.34. The molecule has 0 aliphatic carbocycles. The van der Waals surface area contributed by atoms with Gasteiger partial charge in [-0.1, -0.05) is 42.5 Å². The van der Waals surface area contributed by atoms with Gasteiger partial charge in [-0.25, -0.2) is 4.79 Å². The molecule has 1 aromatic rings. The van der Waals surface area contributed by atoms with Crippen molar-refractivity contribution in [1.82, 2.24) is 10.6 Å². The number of benzene rings is 1. The van der Waals surface area contributed by atoms with Crippen molar-refractivity contribution >= 4 is 29.8 Å². The van der Waals surface area contributed by atoms with Crippen molar-refractivity contribution in [1.29, 1.82) is 0 Å². The molecule has 10 nitrogen and oxygen atoms in total. The molecule has 3 aliphatic rings. The Balaban J connectivity index is 1.68. The molecule has 3 heterocycles. The Morgan fingerprint density at radius 2 is 1.94 bits per heavy atom. The lowest BCUT2D eigenvalue weighted by atomic mass is 9.79. The molecular formula is C22H24N2O8. The van der Waals surface area contributed by atoms with E-state index in [4.69, 9.17) is 9.47 Å². The van der Waals surface area contributed by atoms with Gasteiger partial charge in [0.25, 0.3) is 0 Å². The zero-order valence-corrected chi connectivity index (χ0v) is 17.3. The van der Waals surface area contributed by atoms with Gasteiger partial charge in [-0.2, -0.15) is 0 Å². The molecule has 10 heteroatoms. The van der Waals surface area contributed by atoms with Crippen LogP contribution >= 0.6 is 0 Å². The van der Waals surface area contributed by atoms with Crippen LogP contribution in [-0.4, -0.2) is 70.0 Å². The average Bonchev–Trinajstić information content (AvgIpc) is 3.18. The van der Waals surface area contributed by atoms with E-state index in [0.29, 0.717) is 6.42 Å². The van der Waals surface area contributed by atoms with Gasteiger partial charge in [0.05, 0.1) is 24.5 Å². The standard InChI is InChI=1S/C22H24N2O8/c1-11(25)23-14-9-13(8-7-12-5-3-2-4-6-12)31-18-16-20(28)24-19(21(29)30)22(16,10-15(26)27)32-17(14)18/h2-8,13-14,16-19H,9-10H2,1H3,(H,23,25)(H,24,28)(H,26,27)(H,29,30)/b8-7+/t13-,14+,16-,17+,18+,19+,22-/m0/s1. The number of carboxylic acid groups (broad SMARTS) is 2. The van der Waals surface area contributed by atoms with Gasteiger partial charge in [-0.05, 0) is 5.56 Å². The number of hydrogen-bond acceptors (Lipinski definition) is 6. The highest BCUT2D eigenvalue weighted by Crippen LogP contribution is 2.50. The van der Waals surface area contributed by atoms with Gasteiger partial charge >= 0.3 is 11.9 Å². The maximum absolute atomic E-state index is 12.8. The molecule has 7 atom stereocenters. The Kier molecular flexibility index (Phi) is 5.74. The minimum atomic E-state index is -1.82. The van der Waals surface area contributed by atoms with Crippen LogP contribution in [0.15, 0.2) is 36.4 Å². The van der Waals surface area contributed by atoms with Crippen LogP contribution in [0.3, 0.4) is 0 Å². The highest BCUT2D eigenvalue weighted by molar-refractivity contribution is 5.94. The fraction of sp³-hybridized carbons (Fsp3) is 0.455. The van der Waals surface area contributed by atoms with Crippen LogP contribution in [0, 0.1) is 5.92 Å². The maximum Gasteiger partial charge on any atom is 0.329 e. The lowest BCUT2D eigenvalue weighted by molar-refractivity contribution is -0.162. The number of aliphatic carboxylic acids is 2. The molecule has 32 heavy (non-hydrogen) atoms. The number of rotatable bonds is 6. The van der Waals surface area contributed by atoms with Crippen LogP contribution in [0.4, 0.5) is 0 Å². The Bertz CT molecular complexity index is 964. The van der Waals surface area contributed by atoms with Gasteiger partial charge < -0.3 is 30.3 Å². The van der Waals surface area contributed by atoms with Crippen molar-refractivity contribution in [2.75, 3.05) is 0 Å². The lowest BCUT2D eigenvalue weighted by Gasteiger charge is -2.38. The summed E-state index contributed by atoms with van der Waals surface area (Å²) in [5.41, 5.74) is -0.888. The molecule has 0 spiro atoms. The predicted octanol–water partition coefficient (Wildman–Crippen LogP) is 0.174. The summed E-state index contributed by atoms with van der Waals surface area (Å²) in [5.74, 6) is -4.80. The van der Waals surface area contributed by atoms with Gasteiger partial charge in [0, 0.05) is 13.3 Å². The lowest BCUT2D eigenvalue weighted by Crippen LogP contribution is -2.56. The van der Waals surface area contributed by atoms with Crippen LogP contribution in [0.2, 0.25) is 0 Å². The van der Waals surface area contributed by atoms with E-state index in [-0.39, 0.29) is 5.91 Å². The normalized spacial score (nSPS) is 35.7. The molecule has 0 aromatic heterocycles. The summed E-state index contributed by atoms with van der Waals surface area (Å²) >= 11 is 0. The molecule has 170 valence electrons. The summed E-state index contributed by atoms with van der Waals surface area (Å²) in [5, 5.41) is 24.3. The number of fused-ring (bicyclic) bond motifs is 3. The zero-order chi connectivity index (χ0) is 23.0. The van der Waals surface area contributed by atoms with Crippen LogP contribution in [0.5, 0.6) is 0 Å². The number of ether oxygens (including phenoxy) is 2. The fourth-order valence-electron chi connectivity index (χ4n) is 5.01.